The van der Waals surface area contributed by atoms with Crippen LogP contribution >= 0.6 is 0 Å². The van der Waals surface area contributed by atoms with Gasteiger partial charge in [-0.25, -0.2) is 0 Å². The number of aliphatic hydroxyl groups is 1. The second-order valence-corrected chi connectivity index (χ2v) is 10.5. The molecule has 0 amide bonds. The van der Waals surface area contributed by atoms with Crippen LogP contribution in [0.5, 0.6) is 0 Å². The van der Waals surface area contributed by atoms with Gasteiger partial charge in [0, 0.05) is 5.41 Å². The second-order valence-electron chi connectivity index (χ2n) is 10.5. The summed E-state index contributed by atoms with van der Waals surface area (Å²) >= 11 is 0. The van der Waals surface area contributed by atoms with E-state index in [1.807, 2.05) is 6.92 Å². The Balaban J connectivity index is 1.60. The highest BCUT2D eigenvalue weighted by Gasteiger charge is 2.80. The first-order chi connectivity index (χ1) is 10.7. The quantitative estimate of drug-likeness (QED) is 0.775. The zero-order valence-electron chi connectivity index (χ0n) is 14.6. The highest BCUT2D eigenvalue weighted by molar-refractivity contribution is 5.75. The number of aliphatic carboxylic acids is 1. The SMILES string of the molecule is C[C@@]12CCC[C@](C)(C(=O)O)C1C[C@H](O)[C@@]13CC4[C@H](CC21)[C@]4(C)C3. The number of carboxylic acid groups (broad SMARTS) is 1. The van der Waals surface area contributed by atoms with Gasteiger partial charge in [-0.3, -0.25) is 4.79 Å². The maximum Gasteiger partial charge on any atom is 0.309 e. The third-order valence-corrected chi connectivity index (χ3v) is 9.95. The minimum absolute atomic E-state index is 0.107. The summed E-state index contributed by atoms with van der Waals surface area (Å²) in [7, 11) is 0. The number of rotatable bonds is 1. The molecule has 6 fully saturated rings. The highest BCUT2D eigenvalue weighted by atomic mass is 16.4. The molecular formula is C20H30O3. The van der Waals surface area contributed by atoms with E-state index < -0.39 is 11.4 Å². The lowest BCUT2D eigenvalue weighted by atomic mass is 9.39. The average Bonchev–Trinajstić information content (AvgIpc) is 2.93. The van der Waals surface area contributed by atoms with Crippen LogP contribution in [0.25, 0.3) is 0 Å². The lowest BCUT2D eigenvalue weighted by molar-refractivity contribution is -0.219. The van der Waals surface area contributed by atoms with Gasteiger partial charge in [0.1, 0.15) is 0 Å². The van der Waals surface area contributed by atoms with Gasteiger partial charge in [-0.05, 0) is 80.0 Å². The molecule has 0 heterocycles. The molecule has 1 spiro atoms. The smallest absolute Gasteiger partial charge is 0.309 e. The molecule has 0 aliphatic heterocycles. The van der Waals surface area contributed by atoms with Crippen molar-refractivity contribution in [2.45, 2.75) is 71.8 Å². The van der Waals surface area contributed by atoms with Crippen LogP contribution in [-0.4, -0.2) is 22.3 Å². The van der Waals surface area contributed by atoms with E-state index in [2.05, 4.69) is 13.8 Å². The van der Waals surface area contributed by atoms with Gasteiger partial charge in [-0.15, -0.1) is 0 Å². The molecule has 3 unspecified atom stereocenters. The standard InChI is InChI=1S/C20H30O3/c1-17-5-4-6-18(2,16(22)23)13(17)8-15(21)20-9-12-11(7-14(17)20)19(12,3)10-20/h11-15,21H,4-10H2,1-3H3,(H,22,23)/t11-,12?,13?,14?,15-,17+,18-,19-,20+/m0/s1. The molecule has 3 nitrogen and oxygen atoms in total. The Labute approximate surface area is 138 Å². The highest BCUT2D eigenvalue weighted by Crippen LogP contribution is 2.85. The summed E-state index contributed by atoms with van der Waals surface area (Å²) in [5.74, 6) is 1.74. The Morgan fingerprint density at radius 2 is 1.74 bits per heavy atom. The third-order valence-electron chi connectivity index (χ3n) is 9.95. The molecule has 2 N–H and O–H groups in total. The molecule has 6 rings (SSSR count). The Hall–Kier alpha value is -0.570. The minimum Gasteiger partial charge on any atom is -0.481 e. The van der Waals surface area contributed by atoms with Gasteiger partial charge >= 0.3 is 5.97 Å². The van der Waals surface area contributed by atoms with Crippen LogP contribution in [0.2, 0.25) is 0 Å². The van der Waals surface area contributed by atoms with Gasteiger partial charge in [0.15, 0.2) is 0 Å². The van der Waals surface area contributed by atoms with E-state index in [4.69, 9.17) is 0 Å². The molecule has 0 aromatic carbocycles. The van der Waals surface area contributed by atoms with Crippen molar-refractivity contribution in [2.75, 3.05) is 0 Å². The largest absolute Gasteiger partial charge is 0.481 e. The Kier molecular flexibility index (Phi) is 2.45. The predicted molar refractivity (Wildman–Crippen MR) is 86.7 cm³/mol. The van der Waals surface area contributed by atoms with Gasteiger partial charge < -0.3 is 10.2 Å². The minimum atomic E-state index is -0.650. The summed E-state index contributed by atoms with van der Waals surface area (Å²) in [5.41, 5.74) is 0.0736. The zero-order valence-corrected chi connectivity index (χ0v) is 14.6. The molecule has 0 aromatic rings. The summed E-state index contributed by atoms with van der Waals surface area (Å²) in [5, 5.41) is 21.1. The van der Waals surface area contributed by atoms with Crippen molar-refractivity contribution in [3.8, 4) is 0 Å². The first-order valence-corrected chi connectivity index (χ1v) is 9.60. The molecular weight excluding hydrogens is 288 g/mol. The van der Waals surface area contributed by atoms with Crippen LogP contribution in [0.1, 0.15) is 65.7 Å². The molecule has 9 atom stereocenters. The predicted octanol–water partition coefficient (Wildman–Crippen LogP) is 3.70. The van der Waals surface area contributed by atoms with Crippen LogP contribution in [0.15, 0.2) is 0 Å². The zero-order chi connectivity index (χ0) is 16.4. The monoisotopic (exact) mass is 318 g/mol. The van der Waals surface area contributed by atoms with Crippen molar-refractivity contribution in [2.24, 2.45) is 45.3 Å². The molecule has 0 saturated heterocycles. The fourth-order valence-electron chi connectivity index (χ4n) is 8.77. The maximum atomic E-state index is 12.1. The molecule has 6 aliphatic carbocycles. The summed E-state index contributed by atoms with van der Waals surface area (Å²) in [6.45, 7) is 6.78. The fourth-order valence-corrected chi connectivity index (χ4v) is 8.77. The third kappa shape index (κ3) is 1.38. The van der Waals surface area contributed by atoms with Gasteiger partial charge in [-0.2, -0.15) is 0 Å². The topological polar surface area (TPSA) is 57.5 Å². The van der Waals surface area contributed by atoms with Crippen LogP contribution in [0.4, 0.5) is 0 Å². The van der Waals surface area contributed by atoms with Crippen molar-refractivity contribution in [1.82, 2.24) is 0 Å². The average molecular weight is 318 g/mol. The first kappa shape index (κ1) is 14.7. The normalized spacial score (nSPS) is 65.7. The molecule has 6 saturated carbocycles. The van der Waals surface area contributed by atoms with E-state index in [-0.39, 0.29) is 22.9 Å². The summed E-state index contributed by atoms with van der Waals surface area (Å²) in [4.78, 5) is 12.1. The van der Waals surface area contributed by atoms with Gasteiger partial charge in [0.25, 0.3) is 0 Å². The van der Waals surface area contributed by atoms with Crippen molar-refractivity contribution in [1.29, 1.82) is 0 Å². The van der Waals surface area contributed by atoms with Crippen LogP contribution in [0, 0.1) is 45.3 Å². The fraction of sp³-hybridized carbons (Fsp3) is 0.950. The van der Waals surface area contributed by atoms with E-state index in [1.165, 1.54) is 19.3 Å². The number of hydrogen-bond donors (Lipinski definition) is 2. The van der Waals surface area contributed by atoms with E-state index >= 15 is 0 Å². The van der Waals surface area contributed by atoms with Crippen LogP contribution in [0.3, 0.4) is 0 Å². The Bertz CT molecular complexity index is 602. The molecule has 128 valence electrons. The van der Waals surface area contributed by atoms with Crippen LogP contribution in [-0.2, 0) is 4.79 Å². The molecule has 4 bridgehead atoms. The number of carbonyl (C=O) groups is 1. The summed E-state index contributed by atoms with van der Waals surface area (Å²) in [6.07, 6.45) is 7.06. The Morgan fingerprint density at radius 1 is 1.00 bits per heavy atom. The van der Waals surface area contributed by atoms with Crippen molar-refractivity contribution >= 4 is 5.97 Å². The van der Waals surface area contributed by atoms with Crippen molar-refractivity contribution in [3.05, 3.63) is 0 Å². The molecule has 6 aliphatic rings. The van der Waals surface area contributed by atoms with Gasteiger partial charge in [0.2, 0.25) is 0 Å². The summed E-state index contributed by atoms with van der Waals surface area (Å²) < 4.78 is 0. The first-order valence-electron chi connectivity index (χ1n) is 9.60. The second kappa shape index (κ2) is 3.81. The number of aliphatic hydroxyl groups excluding tert-OH is 1. The van der Waals surface area contributed by atoms with Crippen molar-refractivity contribution in [3.63, 3.8) is 0 Å². The lowest BCUT2D eigenvalue weighted by Crippen LogP contribution is -2.64. The Morgan fingerprint density at radius 3 is 2.35 bits per heavy atom. The van der Waals surface area contributed by atoms with E-state index in [0.29, 0.717) is 17.8 Å². The lowest BCUT2D eigenvalue weighted by Gasteiger charge is -2.66. The number of fused-ring (bicyclic) bond motifs is 1. The molecule has 0 aromatic heterocycles. The molecule has 0 radical (unpaired) electrons. The van der Waals surface area contributed by atoms with Gasteiger partial charge in [0.05, 0.1) is 11.5 Å². The molecule has 3 heteroatoms. The van der Waals surface area contributed by atoms with Crippen molar-refractivity contribution < 1.29 is 15.0 Å². The number of hydrogen-bond acceptors (Lipinski definition) is 2. The maximum absolute atomic E-state index is 12.1. The number of carboxylic acids is 1. The molecule has 23 heavy (non-hydrogen) atoms. The van der Waals surface area contributed by atoms with E-state index in [0.717, 1.165) is 31.1 Å². The van der Waals surface area contributed by atoms with Gasteiger partial charge in [-0.1, -0.05) is 20.3 Å². The van der Waals surface area contributed by atoms with E-state index in [9.17, 15) is 15.0 Å². The summed E-state index contributed by atoms with van der Waals surface area (Å²) in [6, 6.07) is 0. The van der Waals surface area contributed by atoms with E-state index in [1.54, 1.807) is 0 Å². The van der Waals surface area contributed by atoms with Crippen LogP contribution < -0.4 is 0 Å².